The zero-order valence-corrected chi connectivity index (χ0v) is 20.5. The molecule has 6 nitrogen and oxygen atoms in total. The van der Waals surface area contributed by atoms with Crippen LogP contribution in [0.15, 0.2) is 0 Å². The smallest absolute Gasteiger partial charge is 0.168 e. The van der Waals surface area contributed by atoms with Crippen LogP contribution >= 0.6 is 0 Å². The second kappa shape index (κ2) is 12.1. The first-order valence-electron chi connectivity index (χ1n) is 11.7. The van der Waals surface area contributed by atoms with Gasteiger partial charge in [-0.15, -0.1) is 0 Å². The van der Waals surface area contributed by atoms with E-state index >= 15 is 0 Å². The Morgan fingerprint density at radius 1 is 0.700 bits per heavy atom. The van der Waals surface area contributed by atoms with Crippen molar-refractivity contribution in [1.82, 2.24) is 0 Å². The highest BCUT2D eigenvalue weighted by molar-refractivity contribution is 4.94. The summed E-state index contributed by atoms with van der Waals surface area (Å²) in [7, 11) is 0. The van der Waals surface area contributed by atoms with E-state index < -0.39 is 34.6 Å². The van der Waals surface area contributed by atoms with Crippen molar-refractivity contribution >= 4 is 0 Å². The van der Waals surface area contributed by atoms with Gasteiger partial charge in [-0.3, -0.25) is 0 Å². The number of aliphatic hydroxyl groups is 6. The maximum Gasteiger partial charge on any atom is 0.168 e. The van der Waals surface area contributed by atoms with Crippen LogP contribution in [0.5, 0.6) is 0 Å². The summed E-state index contributed by atoms with van der Waals surface area (Å²) in [5.74, 6) is -2.30. The van der Waals surface area contributed by atoms with Crippen molar-refractivity contribution in [2.24, 2.45) is 16.7 Å². The Labute approximate surface area is 184 Å². The minimum Gasteiger partial charge on any atom is -0.393 e. The minimum atomic E-state index is -1.95. The Bertz CT molecular complexity index is 465. The number of hydrogen-bond donors (Lipinski definition) is 6. The van der Waals surface area contributed by atoms with Gasteiger partial charge in [0.2, 0.25) is 0 Å². The molecule has 0 aromatic heterocycles. The molecule has 2 unspecified atom stereocenters. The molecule has 0 aliphatic rings. The van der Waals surface area contributed by atoms with E-state index in [1.807, 2.05) is 0 Å². The predicted octanol–water partition coefficient (Wildman–Crippen LogP) is 3.70. The van der Waals surface area contributed by atoms with E-state index in [2.05, 4.69) is 6.92 Å². The van der Waals surface area contributed by atoms with Gasteiger partial charge in [0.25, 0.3) is 0 Å². The molecule has 30 heavy (non-hydrogen) atoms. The van der Waals surface area contributed by atoms with Crippen LogP contribution in [0.25, 0.3) is 0 Å². The highest BCUT2D eigenvalue weighted by Crippen LogP contribution is 2.45. The molecule has 2 atom stereocenters. The molecule has 182 valence electrons. The van der Waals surface area contributed by atoms with Crippen LogP contribution in [-0.4, -0.2) is 54.4 Å². The normalized spacial score (nSPS) is 16.2. The first-order valence-corrected chi connectivity index (χ1v) is 11.7. The van der Waals surface area contributed by atoms with Gasteiger partial charge < -0.3 is 30.6 Å². The van der Waals surface area contributed by atoms with E-state index in [4.69, 9.17) is 0 Å². The van der Waals surface area contributed by atoms with E-state index in [9.17, 15) is 30.6 Å². The van der Waals surface area contributed by atoms with Gasteiger partial charge >= 0.3 is 0 Å². The van der Waals surface area contributed by atoms with Crippen molar-refractivity contribution in [1.29, 1.82) is 0 Å². The predicted molar refractivity (Wildman–Crippen MR) is 121 cm³/mol. The Morgan fingerprint density at radius 3 is 1.70 bits per heavy atom. The molecule has 6 N–H and O–H groups in total. The number of hydrogen-bond acceptors (Lipinski definition) is 6. The van der Waals surface area contributed by atoms with E-state index in [1.165, 1.54) is 0 Å². The topological polar surface area (TPSA) is 121 Å². The van der Waals surface area contributed by atoms with Crippen LogP contribution in [0.3, 0.4) is 0 Å². The molecule has 6 heteroatoms. The van der Waals surface area contributed by atoms with Crippen molar-refractivity contribution in [3.05, 3.63) is 0 Å². The van der Waals surface area contributed by atoms with E-state index in [1.54, 1.807) is 41.5 Å². The molecule has 0 saturated carbocycles. The van der Waals surface area contributed by atoms with Gasteiger partial charge in [-0.25, -0.2) is 0 Å². The van der Waals surface area contributed by atoms with Crippen LogP contribution in [-0.2, 0) is 0 Å². The quantitative estimate of drug-likeness (QED) is 0.163. The highest BCUT2D eigenvalue weighted by Gasteiger charge is 2.49. The van der Waals surface area contributed by atoms with Crippen molar-refractivity contribution in [2.75, 3.05) is 0 Å². The third-order valence-electron chi connectivity index (χ3n) is 6.80. The molecule has 0 aromatic carbocycles. The summed E-state index contributed by atoms with van der Waals surface area (Å²) in [4.78, 5) is 0. The third-order valence-corrected chi connectivity index (χ3v) is 6.80. The second-order valence-corrected chi connectivity index (χ2v) is 11.1. The molecule has 0 fully saturated rings. The van der Waals surface area contributed by atoms with Gasteiger partial charge in [0.1, 0.15) is 0 Å². The Morgan fingerprint density at radius 2 is 1.23 bits per heavy atom. The fraction of sp³-hybridized carbons (Fsp3) is 1.00. The molecule has 0 bridgehead atoms. The lowest BCUT2D eigenvalue weighted by Crippen LogP contribution is -2.53. The van der Waals surface area contributed by atoms with Crippen molar-refractivity contribution in [3.63, 3.8) is 0 Å². The van der Waals surface area contributed by atoms with Gasteiger partial charge in [0.15, 0.2) is 12.1 Å². The van der Waals surface area contributed by atoms with E-state index in [0.717, 1.165) is 32.1 Å². The Kier molecular flexibility index (Phi) is 12.0. The molecular formula is C24H50O6. The maximum atomic E-state index is 11.0. The minimum absolute atomic E-state index is 0.182. The zero-order valence-electron chi connectivity index (χ0n) is 20.5. The first-order chi connectivity index (χ1) is 13.5. The van der Waals surface area contributed by atoms with Crippen molar-refractivity contribution in [3.8, 4) is 0 Å². The summed E-state index contributed by atoms with van der Waals surface area (Å²) in [6.07, 6.45) is 4.53. The fourth-order valence-corrected chi connectivity index (χ4v) is 4.18. The molecule has 0 spiro atoms. The molecule has 0 heterocycles. The summed E-state index contributed by atoms with van der Waals surface area (Å²) in [6.45, 7) is 12.6. The average Bonchev–Trinajstić information content (AvgIpc) is 2.56. The van der Waals surface area contributed by atoms with Crippen molar-refractivity contribution in [2.45, 2.75) is 136 Å². The molecule has 0 radical (unpaired) electrons. The number of rotatable bonds is 16. The van der Waals surface area contributed by atoms with Crippen LogP contribution in [0.4, 0.5) is 0 Å². The maximum absolute atomic E-state index is 11.0. The Balaban J connectivity index is 5.06. The average molecular weight is 435 g/mol. The zero-order chi connectivity index (χ0) is 23.8. The largest absolute Gasteiger partial charge is 0.393 e. The van der Waals surface area contributed by atoms with E-state index in [-0.39, 0.29) is 18.8 Å². The molecular weight excluding hydrogens is 384 g/mol. The van der Waals surface area contributed by atoms with Gasteiger partial charge in [-0.05, 0) is 39.0 Å². The lowest BCUT2D eigenvalue weighted by molar-refractivity contribution is -0.264. The monoisotopic (exact) mass is 434 g/mol. The SMILES string of the molecule is CCCCCC(C(O)CC(C)(C)O)C(C)(C)C(O)(O)CCCCCC(C)(C)C(O)O. The third kappa shape index (κ3) is 9.92. The standard InChI is InChI=1S/C24H50O6/c1-8-9-11-14-18(19(25)17-22(4,5)28)23(6,7)24(29,30)16-13-10-12-15-21(2,3)20(26)27/h18-20,25-30H,8-17H2,1-7H3. The Hall–Kier alpha value is -0.240. The highest BCUT2D eigenvalue weighted by atomic mass is 16.5. The molecule has 0 aromatic rings. The van der Waals surface area contributed by atoms with Gasteiger partial charge in [-0.2, -0.15) is 0 Å². The van der Waals surface area contributed by atoms with Gasteiger partial charge in [0.05, 0.1) is 11.7 Å². The van der Waals surface area contributed by atoms with Crippen LogP contribution < -0.4 is 0 Å². The van der Waals surface area contributed by atoms with Crippen LogP contribution in [0.2, 0.25) is 0 Å². The lowest BCUT2D eigenvalue weighted by Gasteiger charge is -2.47. The molecule has 0 amide bonds. The molecule has 0 rings (SSSR count). The summed E-state index contributed by atoms with van der Waals surface area (Å²) in [5, 5.41) is 61.7. The second-order valence-electron chi connectivity index (χ2n) is 11.1. The van der Waals surface area contributed by atoms with E-state index in [0.29, 0.717) is 19.3 Å². The molecule has 0 aliphatic heterocycles. The number of aliphatic hydroxyl groups excluding tert-OH is 2. The fourth-order valence-electron chi connectivity index (χ4n) is 4.18. The molecule has 0 saturated heterocycles. The van der Waals surface area contributed by atoms with Gasteiger partial charge in [-0.1, -0.05) is 66.7 Å². The summed E-state index contributed by atoms with van der Waals surface area (Å²) in [5.41, 5.74) is -2.57. The van der Waals surface area contributed by atoms with Crippen LogP contribution in [0.1, 0.15) is 113 Å². The number of unbranched alkanes of at least 4 members (excludes halogenated alkanes) is 4. The summed E-state index contributed by atoms with van der Waals surface area (Å²) >= 11 is 0. The summed E-state index contributed by atoms with van der Waals surface area (Å²) < 4.78 is 0. The first kappa shape index (κ1) is 29.8. The molecule has 0 aliphatic carbocycles. The van der Waals surface area contributed by atoms with Crippen LogP contribution in [0, 0.1) is 16.7 Å². The van der Waals surface area contributed by atoms with Gasteiger partial charge in [0, 0.05) is 23.7 Å². The van der Waals surface area contributed by atoms with Crippen molar-refractivity contribution < 1.29 is 30.6 Å². The lowest BCUT2D eigenvalue weighted by atomic mass is 9.65. The summed E-state index contributed by atoms with van der Waals surface area (Å²) in [6, 6.07) is 0.